The molecule has 0 spiro atoms. The standard InChI is InChI=1S/C19H16N4S2/c1-14-6-8-15(9-7-14)22-19-23(21-12-16-4-2-10-20-16)17(13-25-19)18-5-3-11-24-18/h2-13,20H,1H3. The largest absolute Gasteiger partial charge is 0.360 e. The molecule has 4 aromatic rings. The predicted molar refractivity (Wildman–Crippen MR) is 106 cm³/mol. The normalized spacial score (nSPS) is 12.3. The second kappa shape index (κ2) is 7.04. The summed E-state index contributed by atoms with van der Waals surface area (Å²) in [6.45, 7) is 2.07. The third kappa shape index (κ3) is 3.55. The van der Waals surface area contributed by atoms with Gasteiger partial charge in [0, 0.05) is 11.6 Å². The van der Waals surface area contributed by atoms with E-state index in [2.05, 4.69) is 46.0 Å². The van der Waals surface area contributed by atoms with Gasteiger partial charge in [-0.25, -0.2) is 9.67 Å². The van der Waals surface area contributed by atoms with Crippen molar-refractivity contribution in [2.24, 2.45) is 10.1 Å². The molecule has 0 radical (unpaired) electrons. The van der Waals surface area contributed by atoms with Crippen LogP contribution in [0, 0.1) is 6.92 Å². The maximum atomic E-state index is 4.77. The van der Waals surface area contributed by atoms with Gasteiger partial charge in [-0.15, -0.1) is 22.7 Å². The lowest BCUT2D eigenvalue weighted by Gasteiger charge is -2.01. The average Bonchev–Trinajstić information content (AvgIpc) is 3.37. The van der Waals surface area contributed by atoms with Crippen LogP contribution in [-0.4, -0.2) is 15.9 Å². The summed E-state index contributed by atoms with van der Waals surface area (Å²) in [5, 5.41) is 8.84. The van der Waals surface area contributed by atoms with E-state index in [1.54, 1.807) is 22.7 Å². The smallest absolute Gasteiger partial charge is 0.211 e. The maximum Gasteiger partial charge on any atom is 0.211 e. The number of benzene rings is 1. The zero-order chi connectivity index (χ0) is 17.1. The van der Waals surface area contributed by atoms with Gasteiger partial charge >= 0.3 is 0 Å². The first-order chi connectivity index (χ1) is 12.3. The first-order valence-electron chi connectivity index (χ1n) is 7.83. The van der Waals surface area contributed by atoms with E-state index >= 15 is 0 Å². The Kier molecular flexibility index (Phi) is 4.45. The second-order valence-electron chi connectivity index (χ2n) is 5.51. The van der Waals surface area contributed by atoms with Crippen molar-refractivity contribution < 1.29 is 0 Å². The van der Waals surface area contributed by atoms with Crippen LogP contribution in [0.3, 0.4) is 0 Å². The van der Waals surface area contributed by atoms with Gasteiger partial charge in [-0.05, 0) is 42.6 Å². The van der Waals surface area contributed by atoms with E-state index < -0.39 is 0 Å². The molecule has 1 aromatic carbocycles. The van der Waals surface area contributed by atoms with Gasteiger partial charge in [0.2, 0.25) is 4.80 Å². The van der Waals surface area contributed by atoms with Crippen LogP contribution in [0.4, 0.5) is 5.69 Å². The lowest BCUT2D eigenvalue weighted by Crippen LogP contribution is -2.11. The molecule has 6 heteroatoms. The Labute approximate surface area is 153 Å². The quantitative estimate of drug-likeness (QED) is 0.494. The summed E-state index contributed by atoms with van der Waals surface area (Å²) in [7, 11) is 0. The van der Waals surface area contributed by atoms with Crippen molar-refractivity contribution in [2.45, 2.75) is 6.92 Å². The Bertz CT molecular complexity index is 1030. The molecule has 0 saturated heterocycles. The van der Waals surface area contributed by atoms with Crippen LogP contribution in [0.15, 0.2) is 75.6 Å². The summed E-state index contributed by atoms with van der Waals surface area (Å²) in [5.74, 6) is 0. The first kappa shape index (κ1) is 15.8. The monoisotopic (exact) mass is 364 g/mol. The second-order valence-corrected chi connectivity index (χ2v) is 7.29. The molecule has 1 N–H and O–H groups in total. The van der Waals surface area contributed by atoms with Crippen molar-refractivity contribution in [3.8, 4) is 10.6 Å². The molecule has 4 rings (SSSR count). The Balaban J connectivity index is 1.82. The number of hydrogen-bond acceptors (Lipinski definition) is 4. The van der Waals surface area contributed by atoms with E-state index in [0.717, 1.165) is 21.9 Å². The van der Waals surface area contributed by atoms with Crippen molar-refractivity contribution in [3.05, 3.63) is 81.5 Å². The SMILES string of the molecule is Cc1ccc(N=c2scc(-c3cccs3)n2N=Cc2ccc[nH]2)cc1. The number of nitrogens with one attached hydrogen (secondary N) is 1. The van der Waals surface area contributed by atoms with Gasteiger partial charge in [0.05, 0.1) is 28.2 Å². The van der Waals surface area contributed by atoms with Gasteiger partial charge in [0.15, 0.2) is 0 Å². The lowest BCUT2D eigenvalue weighted by molar-refractivity contribution is 0.856. The van der Waals surface area contributed by atoms with E-state index in [-0.39, 0.29) is 0 Å². The highest BCUT2D eigenvalue weighted by Gasteiger charge is 2.08. The van der Waals surface area contributed by atoms with Crippen LogP contribution < -0.4 is 4.80 Å². The molecule has 0 aliphatic rings. The Morgan fingerprint density at radius 3 is 2.64 bits per heavy atom. The zero-order valence-corrected chi connectivity index (χ0v) is 15.2. The lowest BCUT2D eigenvalue weighted by atomic mass is 10.2. The zero-order valence-electron chi connectivity index (χ0n) is 13.6. The van der Waals surface area contributed by atoms with Gasteiger partial charge in [-0.3, -0.25) is 0 Å². The number of hydrogen-bond donors (Lipinski definition) is 1. The summed E-state index contributed by atoms with van der Waals surface area (Å²) in [5.41, 5.74) is 4.15. The van der Waals surface area contributed by atoms with Crippen molar-refractivity contribution >= 4 is 34.6 Å². The Morgan fingerprint density at radius 1 is 1.04 bits per heavy atom. The molecule has 3 aromatic heterocycles. The minimum absolute atomic E-state index is 0.843. The highest BCUT2D eigenvalue weighted by atomic mass is 32.1. The van der Waals surface area contributed by atoms with Gasteiger partial charge < -0.3 is 4.98 Å². The van der Waals surface area contributed by atoms with Crippen LogP contribution in [0.1, 0.15) is 11.3 Å². The van der Waals surface area contributed by atoms with Crippen molar-refractivity contribution in [1.82, 2.24) is 9.66 Å². The van der Waals surface area contributed by atoms with E-state index in [0.29, 0.717) is 0 Å². The number of aromatic nitrogens is 2. The predicted octanol–water partition coefficient (Wildman–Crippen LogP) is 5.03. The minimum atomic E-state index is 0.843. The molecule has 0 aliphatic heterocycles. The van der Waals surface area contributed by atoms with Gasteiger partial charge in [0.1, 0.15) is 0 Å². The molecule has 0 fully saturated rings. The summed E-state index contributed by atoms with van der Waals surface area (Å²) in [6.07, 6.45) is 3.70. The Morgan fingerprint density at radius 2 is 1.92 bits per heavy atom. The molecule has 124 valence electrons. The summed E-state index contributed by atoms with van der Waals surface area (Å²) < 4.78 is 1.90. The molecule has 25 heavy (non-hydrogen) atoms. The average molecular weight is 364 g/mol. The van der Waals surface area contributed by atoms with Gasteiger partial charge in [-0.1, -0.05) is 23.8 Å². The Hall–Kier alpha value is -2.70. The van der Waals surface area contributed by atoms with Crippen molar-refractivity contribution in [2.75, 3.05) is 0 Å². The third-order valence-corrected chi connectivity index (χ3v) is 5.36. The molecular formula is C19H16N4S2. The number of rotatable bonds is 4. The van der Waals surface area contributed by atoms with Crippen molar-refractivity contribution in [3.63, 3.8) is 0 Å². The fourth-order valence-electron chi connectivity index (χ4n) is 2.36. The van der Waals surface area contributed by atoms with E-state index in [1.165, 1.54) is 10.4 Å². The van der Waals surface area contributed by atoms with Crippen LogP contribution in [-0.2, 0) is 0 Å². The molecule has 0 amide bonds. The summed E-state index contributed by atoms with van der Waals surface area (Å²) >= 11 is 3.29. The molecule has 0 bridgehead atoms. The number of nitrogens with zero attached hydrogens (tertiary/aromatic N) is 3. The highest BCUT2D eigenvalue weighted by molar-refractivity contribution is 7.14. The van der Waals surface area contributed by atoms with Gasteiger partial charge in [0.25, 0.3) is 0 Å². The minimum Gasteiger partial charge on any atom is -0.360 e. The molecule has 3 heterocycles. The first-order valence-corrected chi connectivity index (χ1v) is 9.59. The summed E-state index contributed by atoms with van der Waals surface area (Å²) in [4.78, 5) is 9.93. The van der Waals surface area contributed by atoms with E-state index in [1.807, 2.05) is 47.4 Å². The fourth-order valence-corrected chi connectivity index (χ4v) is 4.01. The fraction of sp³-hybridized carbons (Fsp3) is 0.0526. The molecule has 0 atom stereocenters. The van der Waals surface area contributed by atoms with Crippen LogP contribution >= 0.6 is 22.7 Å². The number of aryl methyl sites for hydroxylation is 1. The molecule has 0 saturated carbocycles. The third-order valence-electron chi connectivity index (χ3n) is 3.65. The van der Waals surface area contributed by atoms with Crippen LogP contribution in [0.25, 0.3) is 10.6 Å². The molecule has 4 nitrogen and oxygen atoms in total. The maximum absolute atomic E-state index is 4.77. The number of aromatic amines is 1. The number of thiazole rings is 1. The highest BCUT2D eigenvalue weighted by Crippen LogP contribution is 2.25. The van der Waals surface area contributed by atoms with Crippen molar-refractivity contribution in [1.29, 1.82) is 0 Å². The van der Waals surface area contributed by atoms with E-state index in [9.17, 15) is 0 Å². The topological polar surface area (TPSA) is 45.4 Å². The van der Waals surface area contributed by atoms with Crippen LogP contribution in [0.2, 0.25) is 0 Å². The molecule has 0 aliphatic carbocycles. The summed E-state index contributed by atoms with van der Waals surface area (Å²) in [6, 6.07) is 16.3. The number of thiophene rings is 1. The molecule has 0 unspecified atom stereocenters. The number of H-pyrrole nitrogens is 1. The van der Waals surface area contributed by atoms with E-state index in [4.69, 9.17) is 4.99 Å². The van der Waals surface area contributed by atoms with Gasteiger partial charge in [-0.2, -0.15) is 5.10 Å². The molecular weight excluding hydrogens is 348 g/mol. The van der Waals surface area contributed by atoms with Crippen LogP contribution in [0.5, 0.6) is 0 Å².